The first kappa shape index (κ1) is 28.8. The Kier molecular flexibility index (Phi) is 7.16. The Morgan fingerprint density at radius 2 is 1.69 bits per heavy atom. The highest BCUT2D eigenvalue weighted by Crippen LogP contribution is 2.54. The largest absolute Gasteiger partial charge is 0.395 e. The van der Waals surface area contributed by atoms with E-state index in [1.807, 2.05) is 13.0 Å². The number of carbonyl (C=O) groups is 1. The minimum absolute atomic E-state index is 0.0109. The minimum atomic E-state index is -3.88. The zero-order valence-corrected chi connectivity index (χ0v) is 24.7. The van der Waals surface area contributed by atoms with Crippen molar-refractivity contribution in [2.24, 2.45) is 12.5 Å². The number of imidazole rings is 1. The highest BCUT2D eigenvalue weighted by molar-refractivity contribution is 7.91. The molecule has 0 radical (unpaired) electrons. The highest BCUT2D eigenvalue weighted by atomic mass is 32.2. The van der Waals surface area contributed by atoms with Crippen LogP contribution in [0.25, 0.3) is 11.0 Å². The zero-order chi connectivity index (χ0) is 29.9. The quantitative estimate of drug-likeness (QED) is 0.418. The molecule has 1 spiro atoms. The third-order valence-electron chi connectivity index (χ3n) is 8.99. The van der Waals surface area contributed by atoms with Gasteiger partial charge in [0.15, 0.2) is 9.84 Å². The Labute approximate surface area is 243 Å². The second-order valence-electron chi connectivity index (χ2n) is 12.0. The summed E-state index contributed by atoms with van der Waals surface area (Å²) in [6.45, 7) is 3.03. The lowest BCUT2D eigenvalue weighted by Crippen LogP contribution is -2.39. The Bertz CT molecular complexity index is 1630. The van der Waals surface area contributed by atoms with Crippen LogP contribution in [0, 0.1) is 12.3 Å². The van der Waals surface area contributed by atoms with E-state index in [1.54, 1.807) is 22.6 Å². The third-order valence-corrected chi connectivity index (χ3v) is 10.7. The monoisotopic (exact) mass is 602 g/mol. The Morgan fingerprint density at radius 1 is 1.02 bits per heavy atom. The number of anilines is 3. The van der Waals surface area contributed by atoms with Gasteiger partial charge in [-0.2, -0.15) is 0 Å². The van der Waals surface area contributed by atoms with Gasteiger partial charge < -0.3 is 24.8 Å². The molecule has 1 amide bonds. The molecule has 4 heterocycles. The molecule has 226 valence electrons. The van der Waals surface area contributed by atoms with Crippen molar-refractivity contribution in [3.63, 3.8) is 0 Å². The highest BCUT2D eigenvalue weighted by Gasteiger charge is 2.45. The van der Waals surface area contributed by atoms with Gasteiger partial charge in [-0.1, -0.05) is 0 Å². The predicted octanol–water partition coefficient (Wildman–Crippen LogP) is 3.91. The van der Waals surface area contributed by atoms with E-state index in [1.165, 1.54) is 25.2 Å². The van der Waals surface area contributed by atoms with E-state index in [0.717, 1.165) is 18.4 Å². The van der Waals surface area contributed by atoms with Gasteiger partial charge in [0.25, 0.3) is 11.8 Å². The van der Waals surface area contributed by atoms with Crippen molar-refractivity contribution in [3.8, 4) is 0 Å². The molecule has 1 saturated carbocycles. The number of carbonyl (C=O) groups excluding carboxylic acids is 1. The summed E-state index contributed by atoms with van der Waals surface area (Å²) in [7, 11) is -2.17. The lowest BCUT2D eigenvalue weighted by molar-refractivity contribution is -0.0221. The van der Waals surface area contributed by atoms with Crippen LogP contribution in [-0.4, -0.2) is 78.4 Å². The van der Waals surface area contributed by atoms with Gasteiger partial charge in [0.2, 0.25) is 0 Å². The van der Waals surface area contributed by atoms with Crippen molar-refractivity contribution in [1.29, 1.82) is 0 Å². The number of fused-ring (bicyclic) bond motifs is 1. The maximum atomic E-state index is 14.1. The minimum Gasteiger partial charge on any atom is -0.395 e. The van der Waals surface area contributed by atoms with Crippen LogP contribution in [0.1, 0.15) is 54.4 Å². The second kappa shape index (κ2) is 10.4. The summed E-state index contributed by atoms with van der Waals surface area (Å²) >= 11 is 0. The molecule has 2 aliphatic heterocycles. The van der Waals surface area contributed by atoms with E-state index in [4.69, 9.17) is 0 Å². The number of nitrogens with zero attached hydrogens (tertiary/aromatic N) is 5. The van der Waals surface area contributed by atoms with Crippen LogP contribution >= 0.6 is 0 Å². The molecule has 2 saturated heterocycles. The van der Waals surface area contributed by atoms with Crippen molar-refractivity contribution in [2.75, 3.05) is 53.7 Å². The molecule has 42 heavy (non-hydrogen) atoms. The average molecular weight is 603 g/mol. The van der Waals surface area contributed by atoms with Crippen LogP contribution < -0.4 is 15.1 Å². The predicted molar refractivity (Wildman–Crippen MR) is 156 cm³/mol. The number of amides is 1. The molecule has 3 aromatic rings. The van der Waals surface area contributed by atoms with Crippen molar-refractivity contribution >= 4 is 44.1 Å². The van der Waals surface area contributed by atoms with Crippen molar-refractivity contribution in [3.05, 3.63) is 35.7 Å². The average Bonchev–Trinajstić information content (AvgIpc) is 3.58. The zero-order valence-electron chi connectivity index (χ0n) is 23.9. The standard InChI is InChI=1S/C29H36F2N6O4S/c1-19-15-22(33-23(16-19)37-11-7-29(30,31)8-12-37)34-27(39)24-20(36-9-5-28(3-4-28)6-10-36)17-21(42(40,41)14-13-38)25-26(24)35(2)18-32-25/h15-18,38H,3-14H2,1-2H3,(H,33,34,39). The molecule has 0 bridgehead atoms. The molecule has 10 nitrogen and oxygen atoms in total. The van der Waals surface area contributed by atoms with Gasteiger partial charge in [-0.3, -0.25) is 4.79 Å². The number of pyridine rings is 1. The molecule has 3 aliphatic rings. The number of aliphatic hydroxyl groups excluding tert-OH is 1. The summed E-state index contributed by atoms with van der Waals surface area (Å²) in [6, 6.07) is 5.06. The molecule has 2 N–H and O–H groups in total. The number of hydrogen-bond donors (Lipinski definition) is 2. The number of sulfone groups is 1. The summed E-state index contributed by atoms with van der Waals surface area (Å²) in [4.78, 5) is 27.0. The lowest BCUT2D eigenvalue weighted by Gasteiger charge is -2.35. The van der Waals surface area contributed by atoms with Crippen LogP contribution in [0.3, 0.4) is 0 Å². The summed E-state index contributed by atoms with van der Waals surface area (Å²) in [6.07, 6.45) is 5.29. The fourth-order valence-electron chi connectivity index (χ4n) is 6.25. The molecule has 1 aromatic carbocycles. The second-order valence-corrected chi connectivity index (χ2v) is 14.1. The maximum Gasteiger partial charge on any atom is 0.261 e. The summed E-state index contributed by atoms with van der Waals surface area (Å²) < 4.78 is 55.7. The fourth-order valence-corrected chi connectivity index (χ4v) is 7.44. The van der Waals surface area contributed by atoms with Crippen molar-refractivity contribution < 1.29 is 27.1 Å². The van der Waals surface area contributed by atoms with Gasteiger partial charge in [-0.25, -0.2) is 27.2 Å². The van der Waals surface area contributed by atoms with Crippen LogP contribution in [0.2, 0.25) is 0 Å². The van der Waals surface area contributed by atoms with E-state index >= 15 is 0 Å². The van der Waals surface area contributed by atoms with Crippen LogP contribution in [0.4, 0.5) is 26.1 Å². The molecule has 2 aromatic heterocycles. The number of piperidine rings is 2. The molecule has 6 rings (SSSR count). The van der Waals surface area contributed by atoms with Gasteiger partial charge in [-0.15, -0.1) is 0 Å². The number of aryl methyl sites for hydroxylation is 2. The molecular weight excluding hydrogens is 566 g/mol. The van der Waals surface area contributed by atoms with Gasteiger partial charge >= 0.3 is 0 Å². The first-order valence-corrected chi connectivity index (χ1v) is 16.1. The molecular formula is C29H36F2N6O4S. The first-order valence-electron chi connectivity index (χ1n) is 14.4. The van der Waals surface area contributed by atoms with Gasteiger partial charge in [-0.05, 0) is 61.8 Å². The summed E-state index contributed by atoms with van der Waals surface area (Å²) in [5, 5.41) is 12.4. The lowest BCUT2D eigenvalue weighted by atomic mass is 9.93. The Balaban J connectivity index is 1.40. The number of benzene rings is 1. The van der Waals surface area contributed by atoms with Crippen LogP contribution in [0.15, 0.2) is 29.4 Å². The normalized spacial score (nSPS) is 19.8. The van der Waals surface area contributed by atoms with Crippen LogP contribution in [-0.2, 0) is 16.9 Å². The van der Waals surface area contributed by atoms with E-state index in [9.17, 15) is 27.1 Å². The smallest absolute Gasteiger partial charge is 0.261 e. The maximum absolute atomic E-state index is 14.1. The molecule has 0 unspecified atom stereocenters. The number of hydrogen-bond acceptors (Lipinski definition) is 8. The van der Waals surface area contributed by atoms with Crippen molar-refractivity contribution in [2.45, 2.75) is 56.3 Å². The van der Waals surface area contributed by atoms with Crippen molar-refractivity contribution in [1.82, 2.24) is 14.5 Å². The molecule has 0 atom stereocenters. The van der Waals surface area contributed by atoms with E-state index in [-0.39, 0.29) is 42.2 Å². The van der Waals surface area contributed by atoms with Gasteiger partial charge in [0, 0.05) is 46.1 Å². The Morgan fingerprint density at radius 3 is 2.33 bits per heavy atom. The number of halogens is 2. The number of nitrogens with one attached hydrogen (secondary N) is 1. The number of rotatable bonds is 7. The van der Waals surface area contributed by atoms with E-state index < -0.39 is 34.0 Å². The summed E-state index contributed by atoms with van der Waals surface area (Å²) in [5.74, 6) is -2.81. The number of aromatic nitrogens is 3. The molecule has 13 heteroatoms. The van der Waals surface area contributed by atoms with Crippen LogP contribution in [0.5, 0.6) is 0 Å². The third kappa shape index (κ3) is 5.44. The topological polar surface area (TPSA) is 121 Å². The fraction of sp³-hybridized carbons (Fsp3) is 0.552. The SMILES string of the molecule is Cc1cc(NC(=O)c2c(N3CCC4(CC3)CC4)cc(S(=O)(=O)CCO)c3ncn(C)c23)nc(N2CCC(F)(F)CC2)c1. The Hall–Kier alpha value is -3.32. The molecule has 1 aliphatic carbocycles. The first-order chi connectivity index (χ1) is 19.9. The van der Waals surface area contributed by atoms with Gasteiger partial charge in [0.05, 0.1) is 40.4 Å². The molecule has 3 fully saturated rings. The summed E-state index contributed by atoms with van der Waals surface area (Å²) in [5.41, 5.74) is 2.52. The number of aliphatic hydroxyl groups is 1. The van der Waals surface area contributed by atoms with E-state index in [0.29, 0.717) is 41.1 Å². The van der Waals surface area contributed by atoms with E-state index in [2.05, 4.69) is 20.2 Å². The number of alkyl halides is 2. The van der Waals surface area contributed by atoms with Gasteiger partial charge in [0.1, 0.15) is 17.2 Å².